The Bertz CT molecular complexity index is 628. The highest BCUT2D eigenvalue weighted by atomic mass is 127. The molecule has 0 radical (unpaired) electrons. The molecule has 0 saturated carbocycles. The van der Waals surface area contributed by atoms with Crippen molar-refractivity contribution in [1.82, 2.24) is 4.90 Å². The highest BCUT2D eigenvalue weighted by Crippen LogP contribution is 2.29. The Hall–Kier alpha value is -1.11. The number of aliphatic hydroxyl groups excluding tert-OH is 1. The Labute approximate surface area is 191 Å². The average Bonchev–Trinajstić information content (AvgIpc) is 2.79. The summed E-state index contributed by atoms with van der Waals surface area (Å²) < 4.78 is 6.05. The molecule has 0 bridgehead atoms. The molecule has 0 aliphatic heterocycles. The van der Waals surface area contributed by atoms with Crippen LogP contribution in [0.3, 0.4) is 0 Å². The lowest BCUT2D eigenvalue weighted by molar-refractivity contribution is 0.203. The predicted octanol–water partition coefficient (Wildman–Crippen LogP) is 6.49. The first-order valence-electron chi connectivity index (χ1n) is 10.8. The minimum Gasteiger partial charge on any atom is -0.493 e. The molecule has 0 fully saturated rings. The Morgan fingerprint density at radius 1 is 0.828 bits per heavy atom. The Morgan fingerprint density at radius 2 is 1.38 bits per heavy atom. The number of aliphatic hydroxyl groups is 1. The van der Waals surface area contributed by atoms with Crippen molar-refractivity contribution in [2.45, 2.75) is 52.1 Å². The molecule has 2 aromatic carbocycles. The van der Waals surface area contributed by atoms with E-state index in [2.05, 4.69) is 41.3 Å². The highest BCUT2D eigenvalue weighted by molar-refractivity contribution is 14.1. The van der Waals surface area contributed by atoms with Crippen LogP contribution in [0.2, 0.25) is 0 Å². The van der Waals surface area contributed by atoms with Crippen molar-refractivity contribution in [3.63, 3.8) is 0 Å². The van der Waals surface area contributed by atoms with Crippen LogP contribution in [0.1, 0.15) is 63.2 Å². The molecule has 0 amide bonds. The van der Waals surface area contributed by atoms with Gasteiger partial charge in [-0.15, -0.1) is 0 Å². The molecule has 1 unspecified atom stereocenters. The maximum absolute atomic E-state index is 10.7. The van der Waals surface area contributed by atoms with Gasteiger partial charge in [0.05, 0.1) is 6.61 Å². The molecular formula is C25H38INO2. The maximum atomic E-state index is 10.7. The first-order chi connectivity index (χ1) is 14.3. The second kappa shape index (κ2) is 16.7. The van der Waals surface area contributed by atoms with Gasteiger partial charge in [-0.05, 0) is 48.9 Å². The summed E-state index contributed by atoms with van der Waals surface area (Å²) in [6.45, 7) is 8.60. The molecule has 0 aliphatic carbocycles. The summed E-state index contributed by atoms with van der Waals surface area (Å²) in [6.07, 6.45) is 5.35. The van der Waals surface area contributed by atoms with Gasteiger partial charge >= 0.3 is 0 Å². The standard InChI is InChI=1S/C24H35NO2.CH3I/c1-3-5-17-25(18-6-4-2)19-12-20-27-23-16-11-10-15-22(23)24(26)21-13-8-7-9-14-21;1-2/h7-11,13-16,24,26H,3-6,12,17-20H2,1-2H3;1H3. The van der Waals surface area contributed by atoms with Gasteiger partial charge in [0.2, 0.25) is 0 Å². The zero-order valence-electron chi connectivity index (χ0n) is 18.3. The van der Waals surface area contributed by atoms with Crippen LogP contribution in [0.5, 0.6) is 5.75 Å². The molecule has 1 N–H and O–H groups in total. The van der Waals surface area contributed by atoms with Crippen LogP contribution in [0.15, 0.2) is 54.6 Å². The number of ether oxygens (including phenoxy) is 1. The lowest BCUT2D eigenvalue weighted by atomic mass is 10.0. The van der Waals surface area contributed by atoms with Crippen molar-refractivity contribution in [3.05, 3.63) is 65.7 Å². The fourth-order valence-corrected chi connectivity index (χ4v) is 3.22. The molecule has 0 heterocycles. The van der Waals surface area contributed by atoms with Gasteiger partial charge < -0.3 is 14.7 Å². The number of unbranched alkanes of at least 4 members (excludes halogenated alkanes) is 2. The molecule has 0 aromatic heterocycles. The summed E-state index contributed by atoms with van der Waals surface area (Å²) in [4.78, 5) is 4.53. The van der Waals surface area contributed by atoms with Crippen molar-refractivity contribution in [2.75, 3.05) is 31.2 Å². The zero-order valence-corrected chi connectivity index (χ0v) is 20.5. The van der Waals surface area contributed by atoms with Crippen molar-refractivity contribution < 1.29 is 9.84 Å². The second-order valence-corrected chi connectivity index (χ2v) is 7.10. The third-order valence-corrected chi connectivity index (χ3v) is 4.86. The van der Waals surface area contributed by atoms with Gasteiger partial charge in [0.1, 0.15) is 11.9 Å². The van der Waals surface area contributed by atoms with Gasteiger partial charge in [0.15, 0.2) is 0 Å². The third kappa shape index (κ3) is 9.96. The quantitative estimate of drug-likeness (QED) is 0.190. The lowest BCUT2D eigenvalue weighted by Crippen LogP contribution is -2.28. The summed E-state index contributed by atoms with van der Waals surface area (Å²) in [5.74, 6) is 0.780. The van der Waals surface area contributed by atoms with Gasteiger partial charge in [-0.2, -0.15) is 0 Å². The van der Waals surface area contributed by atoms with E-state index >= 15 is 0 Å². The molecule has 0 saturated heterocycles. The first kappa shape index (κ1) is 25.9. The van der Waals surface area contributed by atoms with Gasteiger partial charge in [-0.1, -0.05) is 97.8 Å². The maximum Gasteiger partial charge on any atom is 0.125 e. The molecule has 29 heavy (non-hydrogen) atoms. The Balaban J connectivity index is 0.00000204. The summed E-state index contributed by atoms with van der Waals surface area (Å²) in [5, 5.41) is 10.7. The number of halogens is 1. The summed E-state index contributed by atoms with van der Waals surface area (Å²) in [5.41, 5.74) is 1.72. The fourth-order valence-electron chi connectivity index (χ4n) is 3.22. The van der Waals surface area contributed by atoms with Crippen molar-refractivity contribution in [1.29, 1.82) is 0 Å². The predicted molar refractivity (Wildman–Crippen MR) is 133 cm³/mol. The zero-order chi connectivity index (χ0) is 21.3. The van der Waals surface area contributed by atoms with Gasteiger partial charge in [-0.3, -0.25) is 0 Å². The van der Waals surface area contributed by atoms with E-state index in [0.717, 1.165) is 29.8 Å². The molecule has 4 heteroatoms. The molecular weight excluding hydrogens is 473 g/mol. The van der Waals surface area contributed by atoms with E-state index in [1.54, 1.807) is 0 Å². The van der Waals surface area contributed by atoms with E-state index in [1.165, 1.54) is 38.8 Å². The first-order valence-corrected chi connectivity index (χ1v) is 13.0. The summed E-state index contributed by atoms with van der Waals surface area (Å²) in [6, 6.07) is 17.6. The smallest absolute Gasteiger partial charge is 0.125 e. The number of hydrogen-bond donors (Lipinski definition) is 1. The van der Waals surface area contributed by atoms with Gasteiger partial charge in [-0.25, -0.2) is 0 Å². The summed E-state index contributed by atoms with van der Waals surface area (Å²) in [7, 11) is 0. The average molecular weight is 511 g/mol. The van der Waals surface area contributed by atoms with Crippen LogP contribution < -0.4 is 4.74 Å². The number of hydrogen-bond acceptors (Lipinski definition) is 3. The highest BCUT2D eigenvalue weighted by Gasteiger charge is 2.15. The Morgan fingerprint density at radius 3 is 2.00 bits per heavy atom. The Kier molecular flexibility index (Phi) is 14.9. The van der Waals surface area contributed by atoms with Crippen LogP contribution in [-0.4, -0.2) is 41.2 Å². The molecule has 2 rings (SSSR count). The van der Waals surface area contributed by atoms with Crippen LogP contribution in [0.4, 0.5) is 0 Å². The van der Waals surface area contributed by atoms with Gasteiger partial charge in [0.25, 0.3) is 0 Å². The number of rotatable bonds is 13. The van der Waals surface area contributed by atoms with E-state index in [1.807, 2.05) is 59.5 Å². The van der Waals surface area contributed by atoms with Crippen molar-refractivity contribution >= 4 is 22.6 Å². The molecule has 3 nitrogen and oxygen atoms in total. The number of alkyl halides is 1. The topological polar surface area (TPSA) is 32.7 Å². The van der Waals surface area contributed by atoms with Crippen molar-refractivity contribution in [3.8, 4) is 5.75 Å². The van der Waals surface area contributed by atoms with E-state index in [4.69, 9.17) is 4.74 Å². The normalized spacial score (nSPS) is 11.7. The van der Waals surface area contributed by atoms with E-state index in [0.29, 0.717) is 6.61 Å². The number of benzene rings is 2. The fraction of sp³-hybridized carbons (Fsp3) is 0.520. The number of para-hydroxylation sites is 1. The van der Waals surface area contributed by atoms with Crippen LogP contribution >= 0.6 is 22.6 Å². The molecule has 2 aromatic rings. The molecule has 162 valence electrons. The minimum atomic E-state index is -0.659. The monoisotopic (exact) mass is 511 g/mol. The third-order valence-electron chi connectivity index (χ3n) is 4.86. The largest absolute Gasteiger partial charge is 0.493 e. The van der Waals surface area contributed by atoms with Crippen molar-refractivity contribution in [2.24, 2.45) is 0 Å². The van der Waals surface area contributed by atoms with Crippen LogP contribution in [-0.2, 0) is 0 Å². The minimum absolute atomic E-state index is 0.659. The number of nitrogens with zero attached hydrogens (tertiary/aromatic N) is 1. The van der Waals surface area contributed by atoms with Crippen LogP contribution in [0.25, 0.3) is 0 Å². The summed E-state index contributed by atoms with van der Waals surface area (Å²) >= 11 is 2.15. The molecule has 1 atom stereocenters. The SMILES string of the molecule is CCCCN(CCCC)CCCOc1ccccc1C(O)c1ccccc1.CI. The molecule has 0 aliphatic rings. The van der Waals surface area contributed by atoms with Crippen LogP contribution in [0, 0.1) is 0 Å². The van der Waals surface area contributed by atoms with E-state index in [-0.39, 0.29) is 0 Å². The molecule has 0 spiro atoms. The van der Waals surface area contributed by atoms with Gasteiger partial charge in [0, 0.05) is 12.1 Å². The van der Waals surface area contributed by atoms with E-state index in [9.17, 15) is 5.11 Å². The van der Waals surface area contributed by atoms with E-state index < -0.39 is 6.10 Å². The second-order valence-electron chi connectivity index (χ2n) is 7.10. The lowest BCUT2D eigenvalue weighted by Gasteiger charge is -2.22.